The van der Waals surface area contributed by atoms with Gasteiger partial charge in [-0.05, 0) is 12.1 Å². The molecule has 6 nitrogen and oxygen atoms in total. The highest BCUT2D eigenvalue weighted by Crippen LogP contribution is 2.23. The van der Waals surface area contributed by atoms with Crippen LogP contribution in [0.4, 0.5) is 5.69 Å². The van der Waals surface area contributed by atoms with E-state index in [1.807, 2.05) is 24.4 Å². The topological polar surface area (TPSA) is 74.7 Å². The van der Waals surface area contributed by atoms with Crippen LogP contribution < -0.4 is 10.2 Å². The molecule has 0 atom stereocenters. The first-order chi connectivity index (χ1) is 11.8. The van der Waals surface area contributed by atoms with E-state index in [1.54, 1.807) is 31.1 Å². The lowest BCUT2D eigenvalue weighted by molar-refractivity contribution is 0.398. The minimum atomic E-state index is 0.572. The van der Waals surface area contributed by atoms with Crippen molar-refractivity contribution in [1.29, 1.82) is 0 Å². The van der Waals surface area contributed by atoms with Gasteiger partial charge in [0, 0.05) is 34.5 Å². The summed E-state index contributed by atoms with van der Waals surface area (Å²) in [6.45, 7) is 0. The highest BCUT2D eigenvalue weighted by atomic mass is 32.2. The van der Waals surface area contributed by atoms with Crippen LogP contribution >= 0.6 is 11.8 Å². The number of hydrogen-bond acceptors (Lipinski definition) is 5. The first-order valence-electron chi connectivity index (χ1n) is 7.44. The smallest absolute Gasteiger partial charge is 0.213 e. The van der Waals surface area contributed by atoms with E-state index >= 15 is 0 Å². The zero-order valence-electron chi connectivity index (χ0n) is 13.0. The maximum Gasteiger partial charge on any atom is 0.213 e. The number of hydrazone groups is 1. The molecular weight excluding hydrogens is 322 g/mol. The second kappa shape index (κ2) is 6.37. The van der Waals surface area contributed by atoms with Crippen LogP contribution in [-0.2, 0) is 0 Å². The van der Waals surface area contributed by atoms with Crippen LogP contribution in [0.3, 0.4) is 0 Å². The predicted octanol–water partition coefficient (Wildman–Crippen LogP) is 3.30. The summed E-state index contributed by atoms with van der Waals surface area (Å²) in [4.78, 5) is 11.9. The lowest BCUT2D eigenvalue weighted by atomic mass is 10.1. The second-order valence-corrected chi connectivity index (χ2v) is 6.15. The van der Waals surface area contributed by atoms with E-state index in [2.05, 4.69) is 37.6 Å². The molecule has 0 spiro atoms. The monoisotopic (exact) mass is 337 g/mol. The van der Waals surface area contributed by atoms with Gasteiger partial charge in [-0.15, -0.1) is 0 Å². The molecule has 120 valence electrons. The second-order valence-electron chi connectivity index (χ2n) is 5.18. The molecule has 1 aliphatic rings. The van der Waals surface area contributed by atoms with Crippen LogP contribution in [-0.4, -0.2) is 33.7 Å². The fourth-order valence-electron chi connectivity index (χ4n) is 2.50. The average Bonchev–Trinajstić information content (AvgIpc) is 3.07. The SMILES string of the molecule is COc1ccc(N=C2NN=C(c3c[nH]c4ccccc34)CS2)cn1. The normalized spacial score (nSPS) is 16.0. The Labute approximate surface area is 143 Å². The van der Waals surface area contributed by atoms with E-state index in [1.165, 1.54) is 5.39 Å². The molecule has 2 aromatic heterocycles. The lowest BCUT2D eigenvalue weighted by Crippen LogP contribution is -2.25. The fraction of sp³-hybridized carbons (Fsp3) is 0.118. The van der Waals surface area contributed by atoms with Gasteiger partial charge in [0.25, 0.3) is 0 Å². The maximum absolute atomic E-state index is 5.04. The Kier molecular flexibility index (Phi) is 3.92. The van der Waals surface area contributed by atoms with Gasteiger partial charge < -0.3 is 9.72 Å². The summed E-state index contributed by atoms with van der Waals surface area (Å²) in [5, 5.41) is 6.42. The van der Waals surface area contributed by atoms with Gasteiger partial charge in [0.2, 0.25) is 5.88 Å². The molecule has 4 rings (SSSR count). The largest absolute Gasteiger partial charge is 0.481 e. The van der Waals surface area contributed by atoms with Crippen LogP contribution in [0.15, 0.2) is 58.9 Å². The highest BCUT2D eigenvalue weighted by molar-refractivity contribution is 8.14. The number of amidine groups is 1. The first-order valence-corrected chi connectivity index (χ1v) is 8.42. The van der Waals surface area contributed by atoms with Crippen molar-refractivity contribution < 1.29 is 4.74 Å². The summed E-state index contributed by atoms with van der Waals surface area (Å²) in [5.41, 5.74) is 7.03. The molecule has 0 aliphatic carbocycles. The molecule has 2 N–H and O–H groups in total. The van der Waals surface area contributed by atoms with Crippen molar-refractivity contribution in [3.05, 3.63) is 54.4 Å². The van der Waals surface area contributed by atoms with Crippen molar-refractivity contribution >= 4 is 39.2 Å². The molecule has 0 amide bonds. The predicted molar refractivity (Wildman–Crippen MR) is 98.3 cm³/mol. The number of H-pyrrole nitrogens is 1. The third-order valence-corrected chi connectivity index (χ3v) is 4.57. The summed E-state index contributed by atoms with van der Waals surface area (Å²) in [5.74, 6) is 1.33. The number of rotatable bonds is 3. The number of fused-ring (bicyclic) bond motifs is 1. The number of methoxy groups -OCH3 is 1. The molecule has 0 unspecified atom stereocenters. The lowest BCUT2D eigenvalue weighted by Gasteiger charge is -2.14. The zero-order chi connectivity index (χ0) is 16.4. The zero-order valence-corrected chi connectivity index (χ0v) is 13.8. The van der Waals surface area contributed by atoms with Crippen LogP contribution in [0.2, 0.25) is 0 Å². The van der Waals surface area contributed by atoms with Crippen LogP contribution in [0.1, 0.15) is 5.56 Å². The molecule has 0 radical (unpaired) electrons. The number of pyridine rings is 1. The molecule has 1 aliphatic heterocycles. The van der Waals surface area contributed by atoms with Crippen LogP contribution in [0.25, 0.3) is 10.9 Å². The highest BCUT2D eigenvalue weighted by Gasteiger charge is 2.16. The van der Waals surface area contributed by atoms with Crippen molar-refractivity contribution in [3.8, 4) is 5.88 Å². The summed E-state index contributed by atoms with van der Waals surface area (Å²) >= 11 is 1.62. The number of benzene rings is 1. The quantitative estimate of drug-likeness (QED) is 0.769. The van der Waals surface area contributed by atoms with Crippen molar-refractivity contribution in [2.75, 3.05) is 12.9 Å². The first kappa shape index (κ1) is 14.8. The number of para-hydroxylation sites is 1. The summed E-state index contributed by atoms with van der Waals surface area (Å²) in [7, 11) is 1.59. The van der Waals surface area contributed by atoms with Crippen molar-refractivity contribution in [1.82, 2.24) is 15.4 Å². The molecular formula is C17H15N5OS. The van der Waals surface area contributed by atoms with Crippen LogP contribution in [0, 0.1) is 0 Å². The van der Waals surface area contributed by atoms with Crippen molar-refractivity contribution in [2.24, 2.45) is 10.1 Å². The Morgan fingerprint density at radius 2 is 2.12 bits per heavy atom. The number of aromatic amines is 1. The number of aromatic nitrogens is 2. The number of aliphatic imine (C=N–C) groups is 1. The standard InChI is InChI=1S/C17H15N5OS/c1-23-16-7-6-11(8-19-16)20-17-22-21-15(10-24-17)13-9-18-14-5-3-2-4-12(13)14/h2-9,18H,10H2,1H3,(H,20,22). The number of nitrogens with zero attached hydrogens (tertiary/aromatic N) is 3. The van der Waals surface area contributed by atoms with Crippen molar-refractivity contribution in [3.63, 3.8) is 0 Å². The van der Waals surface area contributed by atoms with Crippen LogP contribution in [0.5, 0.6) is 5.88 Å². The fourth-order valence-corrected chi connectivity index (χ4v) is 3.27. The van der Waals surface area contributed by atoms with E-state index in [9.17, 15) is 0 Å². The molecule has 0 bridgehead atoms. The Morgan fingerprint density at radius 1 is 1.21 bits per heavy atom. The maximum atomic E-state index is 5.04. The van der Waals surface area contributed by atoms with E-state index < -0.39 is 0 Å². The minimum Gasteiger partial charge on any atom is -0.481 e. The average molecular weight is 337 g/mol. The van der Waals surface area contributed by atoms with Gasteiger partial charge in [-0.2, -0.15) is 5.10 Å². The molecule has 3 heterocycles. The van der Waals surface area contributed by atoms with E-state index in [4.69, 9.17) is 4.74 Å². The van der Waals surface area contributed by atoms with Gasteiger partial charge in [-0.25, -0.2) is 9.98 Å². The Hall–Kier alpha value is -2.80. The number of thioether (sulfide) groups is 1. The van der Waals surface area contributed by atoms with Crippen molar-refractivity contribution in [2.45, 2.75) is 0 Å². The number of ether oxygens (including phenoxy) is 1. The Bertz CT molecular complexity index is 930. The molecule has 0 saturated heterocycles. The molecule has 0 saturated carbocycles. The summed E-state index contributed by atoms with van der Waals surface area (Å²) in [6, 6.07) is 11.9. The van der Waals surface area contributed by atoms with Gasteiger partial charge in [-0.1, -0.05) is 30.0 Å². The number of nitrogens with one attached hydrogen (secondary N) is 2. The van der Waals surface area contributed by atoms with E-state index in [0.717, 1.165) is 33.4 Å². The molecule has 1 aromatic carbocycles. The third-order valence-electron chi connectivity index (χ3n) is 3.69. The molecule has 24 heavy (non-hydrogen) atoms. The van der Waals surface area contributed by atoms with Gasteiger partial charge >= 0.3 is 0 Å². The van der Waals surface area contributed by atoms with Gasteiger partial charge in [0.05, 0.1) is 24.7 Å². The van der Waals surface area contributed by atoms with E-state index in [-0.39, 0.29) is 0 Å². The minimum absolute atomic E-state index is 0.572. The summed E-state index contributed by atoms with van der Waals surface area (Å²) < 4.78 is 5.04. The van der Waals surface area contributed by atoms with Gasteiger partial charge in [0.15, 0.2) is 5.17 Å². The summed E-state index contributed by atoms with van der Waals surface area (Å²) in [6.07, 6.45) is 3.67. The van der Waals surface area contributed by atoms with Gasteiger partial charge in [-0.3, -0.25) is 5.43 Å². The molecule has 7 heteroatoms. The van der Waals surface area contributed by atoms with E-state index in [0.29, 0.717) is 5.88 Å². The molecule has 3 aromatic rings. The molecule has 0 fully saturated rings. The third kappa shape index (κ3) is 2.85. The Balaban J connectivity index is 1.55. The Morgan fingerprint density at radius 3 is 2.88 bits per heavy atom. The van der Waals surface area contributed by atoms with Gasteiger partial charge in [0.1, 0.15) is 0 Å². The number of hydrogen-bond donors (Lipinski definition) is 2.